The van der Waals surface area contributed by atoms with Gasteiger partial charge in [-0.05, 0) is 24.3 Å². The van der Waals surface area contributed by atoms with E-state index in [4.69, 9.17) is 0 Å². The Balaban J connectivity index is 1.43. The number of rotatable bonds is 6. The van der Waals surface area contributed by atoms with Crippen molar-refractivity contribution in [1.29, 1.82) is 0 Å². The molecule has 1 amide bonds. The van der Waals surface area contributed by atoms with E-state index >= 15 is 0 Å². The highest BCUT2D eigenvalue weighted by atomic mass is 32.2. The summed E-state index contributed by atoms with van der Waals surface area (Å²) in [4.78, 5) is 17.4. The van der Waals surface area contributed by atoms with Gasteiger partial charge >= 0.3 is 0 Å². The fraction of sp³-hybridized carbons (Fsp3) is 0.176. The van der Waals surface area contributed by atoms with Crippen molar-refractivity contribution in [3.63, 3.8) is 0 Å². The number of benzene rings is 1. The van der Waals surface area contributed by atoms with Crippen LogP contribution in [0, 0.1) is 0 Å². The normalized spacial score (nSPS) is 10.7. The van der Waals surface area contributed by atoms with Crippen LogP contribution in [0.2, 0.25) is 0 Å². The largest absolute Gasteiger partial charge is 0.355 e. The van der Waals surface area contributed by atoms with Gasteiger partial charge in [-0.3, -0.25) is 4.79 Å². The number of aromatic nitrogens is 2. The van der Waals surface area contributed by atoms with Crippen LogP contribution in [0.4, 0.5) is 0 Å². The number of nitrogens with one attached hydrogen (secondary N) is 1. The van der Waals surface area contributed by atoms with Crippen LogP contribution in [0.25, 0.3) is 5.65 Å². The Kier molecular flexibility index (Phi) is 4.75. The molecule has 0 aliphatic carbocycles. The Bertz CT molecular complexity index is 722. The molecule has 4 nitrogen and oxygen atoms in total. The number of fused-ring (bicyclic) bond motifs is 1. The van der Waals surface area contributed by atoms with E-state index in [-0.39, 0.29) is 5.91 Å². The average Bonchev–Trinajstić information content (AvgIpc) is 2.96. The summed E-state index contributed by atoms with van der Waals surface area (Å²) in [6, 6.07) is 15.9. The number of imidazole rings is 1. The highest BCUT2D eigenvalue weighted by molar-refractivity contribution is 8.00. The number of carbonyl (C=O) groups is 1. The van der Waals surface area contributed by atoms with Gasteiger partial charge in [0.2, 0.25) is 5.91 Å². The molecule has 2 aromatic heterocycles. The van der Waals surface area contributed by atoms with Gasteiger partial charge in [-0.15, -0.1) is 11.8 Å². The standard InChI is InChI=1S/C17H17N3OS/c21-17(13-22-15-6-2-1-3-7-15)18-10-9-14-12-20-11-5-4-8-16(20)19-14/h1-8,11-12H,9-10,13H2,(H,18,21). The molecule has 112 valence electrons. The smallest absolute Gasteiger partial charge is 0.230 e. The number of hydrogen-bond donors (Lipinski definition) is 1. The Hall–Kier alpha value is -2.27. The molecule has 0 saturated carbocycles. The third-order valence-electron chi connectivity index (χ3n) is 3.23. The van der Waals surface area contributed by atoms with Gasteiger partial charge in [0.05, 0.1) is 11.4 Å². The fourth-order valence-electron chi connectivity index (χ4n) is 2.15. The minimum Gasteiger partial charge on any atom is -0.355 e. The summed E-state index contributed by atoms with van der Waals surface area (Å²) in [5, 5.41) is 2.94. The van der Waals surface area contributed by atoms with E-state index in [9.17, 15) is 4.79 Å². The van der Waals surface area contributed by atoms with E-state index in [1.165, 1.54) is 0 Å². The zero-order valence-electron chi connectivity index (χ0n) is 12.1. The van der Waals surface area contributed by atoms with E-state index in [0.29, 0.717) is 12.3 Å². The Morgan fingerprint density at radius 1 is 1.14 bits per heavy atom. The van der Waals surface area contributed by atoms with Gasteiger partial charge in [0.25, 0.3) is 0 Å². The lowest BCUT2D eigenvalue weighted by atomic mass is 10.3. The molecular weight excluding hydrogens is 294 g/mol. The van der Waals surface area contributed by atoms with Gasteiger partial charge in [0.15, 0.2) is 0 Å². The molecular formula is C17H17N3OS. The first-order valence-corrected chi connectivity index (χ1v) is 8.17. The molecule has 0 unspecified atom stereocenters. The predicted molar refractivity (Wildman–Crippen MR) is 89.1 cm³/mol. The van der Waals surface area contributed by atoms with Crippen molar-refractivity contribution in [1.82, 2.24) is 14.7 Å². The summed E-state index contributed by atoms with van der Waals surface area (Å²) < 4.78 is 1.99. The Labute approximate surface area is 133 Å². The van der Waals surface area contributed by atoms with Crippen molar-refractivity contribution >= 4 is 23.3 Å². The number of carbonyl (C=O) groups excluding carboxylic acids is 1. The van der Waals surface area contributed by atoms with Gasteiger partial charge in [-0.25, -0.2) is 4.98 Å². The van der Waals surface area contributed by atoms with Crippen LogP contribution in [-0.2, 0) is 11.2 Å². The monoisotopic (exact) mass is 311 g/mol. The Morgan fingerprint density at radius 2 is 1.95 bits per heavy atom. The maximum Gasteiger partial charge on any atom is 0.230 e. The molecule has 22 heavy (non-hydrogen) atoms. The van der Waals surface area contributed by atoms with Crippen LogP contribution in [0.15, 0.2) is 65.8 Å². The van der Waals surface area contributed by atoms with Crippen LogP contribution in [0.5, 0.6) is 0 Å². The van der Waals surface area contributed by atoms with Crippen LogP contribution < -0.4 is 5.32 Å². The van der Waals surface area contributed by atoms with Crippen LogP contribution in [0.1, 0.15) is 5.69 Å². The minimum atomic E-state index is 0.0533. The molecule has 0 aliphatic rings. The molecule has 1 aromatic carbocycles. The third-order valence-corrected chi connectivity index (χ3v) is 4.24. The SMILES string of the molecule is O=C(CSc1ccccc1)NCCc1cn2ccccc2n1. The van der Waals surface area contributed by atoms with Gasteiger partial charge in [-0.1, -0.05) is 24.3 Å². The predicted octanol–water partition coefficient (Wildman–Crippen LogP) is 2.79. The number of amides is 1. The van der Waals surface area contributed by atoms with Crippen molar-refractivity contribution in [2.24, 2.45) is 0 Å². The second kappa shape index (κ2) is 7.13. The van der Waals surface area contributed by atoms with Crippen molar-refractivity contribution < 1.29 is 4.79 Å². The van der Waals surface area contributed by atoms with Crippen molar-refractivity contribution in [2.45, 2.75) is 11.3 Å². The second-order valence-electron chi connectivity index (χ2n) is 4.90. The maximum absolute atomic E-state index is 11.8. The highest BCUT2D eigenvalue weighted by Gasteiger charge is 2.04. The molecule has 0 atom stereocenters. The molecule has 0 radical (unpaired) electrons. The number of nitrogens with zero attached hydrogens (tertiary/aromatic N) is 2. The molecule has 3 aromatic rings. The second-order valence-corrected chi connectivity index (χ2v) is 5.95. The van der Waals surface area contributed by atoms with E-state index in [2.05, 4.69) is 10.3 Å². The van der Waals surface area contributed by atoms with Crippen molar-refractivity contribution in [3.8, 4) is 0 Å². The van der Waals surface area contributed by atoms with E-state index in [0.717, 1.165) is 22.7 Å². The first-order chi connectivity index (χ1) is 10.8. The van der Waals surface area contributed by atoms with Crippen LogP contribution in [0.3, 0.4) is 0 Å². The summed E-state index contributed by atoms with van der Waals surface area (Å²) in [5.41, 5.74) is 1.92. The highest BCUT2D eigenvalue weighted by Crippen LogP contribution is 2.16. The maximum atomic E-state index is 11.8. The zero-order valence-corrected chi connectivity index (χ0v) is 12.9. The molecule has 2 heterocycles. The van der Waals surface area contributed by atoms with Gasteiger partial charge in [-0.2, -0.15) is 0 Å². The van der Waals surface area contributed by atoms with E-state index in [1.54, 1.807) is 11.8 Å². The topological polar surface area (TPSA) is 46.4 Å². The first kappa shape index (κ1) is 14.7. The van der Waals surface area contributed by atoms with Crippen LogP contribution in [-0.4, -0.2) is 27.6 Å². The zero-order chi connectivity index (χ0) is 15.2. The molecule has 0 fully saturated rings. The first-order valence-electron chi connectivity index (χ1n) is 7.18. The number of thioether (sulfide) groups is 1. The molecule has 3 rings (SSSR count). The molecule has 0 aliphatic heterocycles. The van der Waals surface area contributed by atoms with Gasteiger partial charge in [0, 0.05) is 30.3 Å². The van der Waals surface area contributed by atoms with E-state index in [1.807, 2.05) is 65.3 Å². The molecule has 0 spiro atoms. The number of pyridine rings is 1. The van der Waals surface area contributed by atoms with Gasteiger partial charge < -0.3 is 9.72 Å². The Morgan fingerprint density at radius 3 is 2.77 bits per heavy atom. The van der Waals surface area contributed by atoms with Crippen LogP contribution >= 0.6 is 11.8 Å². The summed E-state index contributed by atoms with van der Waals surface area (Å²) in [5.74, 6) is 0.493. The quantitative estimate of drug-likeness (QED) is 0.712. The molecule has 0 saturated heterocycles. The summed E-state index contributed by atoms with van der Waals surface area (Å²) in [7, 11) is 0. The lowest BCUT2D eigenvalue weighted by molar-refractivity contribution is -0.118. The van der Waals surface area contributed by atoms with Crippen molar-refractivity contribution in [3.05, 3.63) is 66.6 Å². The summed E-state index contributed by atoms with van der Waals surface area (Å²) in [6.45, 7) is 0.609. The fourth-order valence-corrected chi connectivity index (χ4v) is 2.90. The summed E-state index contributed by atoms with van der Waals surface area (Å²) in [6.07, 6.45) is 4.71. The lowest BCUT2D eigenvalue weighted by Gasteiger charge is -2.04. The summed E-state index contributed by atoms with van der Waals surface area (Å²) >= 11 is 1.55. The van der Waals surface area contributed by atoms with Gasteiger partial charge in [0.1, 0.15) is 5.65 Å². The number of hydrogen-bond acceptors (Lipinski definition) is 3. The van der Waals surface area contributed by atoms with E-state index < -0.39 is 0 Å². The molecule has 1 N–H and O–H groups in total. The molecule has 0 bridgehead atoms. The van der Waals surface area contributed by atoms with Crippen molar-refractivity contribution in [2.75, 3.05) is 12.3 Å². The minimum absolute atomic E-state index is 0.0533. The molecule has 5 heteroatoms. The third kappa shape index (κ3) is 3.89. The average molecular weight is 311 g/mol. The lowest BCUT2D eigenvalue weighted by Crippen LogP contribution is -2.27.